The molecule has 0 heterocycles. The third kappa shape index (κ3) is 2.51. The molecule has 20 heavy (non-hydrogen) atoms. The summed E-state index contributed by atoms with van der Waals surface area (Å²) in [5, 5.41) is 0. The molecule has 2 unspecified atom stereocenters. The van der Waals surface area contributed by atoms with Gasteiger partial charge < -0.3 is 0 Å². The van der Waals surface area contributed by atoms with E-state index in [0.29, 0.717) is 6.08 Å². The second kappa shape index (κ2) is 5.03. The van der Waals surface area contributed by atoms with Gasteiger partial charge in [0.05, 0.1) is 0 Å². The third-order valence-corrected chi connectivity index (χ3v) is 4.69. The number of hydrogen-bond donors (Lipinski definition) is 0. The minimum Gasteiger partial charge on any atom is -0.218 e. The van der Waals surface area contributed by atoms with E-state index >= 15 is 0 Å². The Labute approximate surface area is 119 Å². The van der Waals surface area contributed by atoms with Gasteiger partial charge in [0.2, 0.25) is 0 Å². The van der Waals surface area contributed by atoms with Crippen molar-refractivity contribution in [2.75, 3.05) is 0 Å². The summed E-state index contributed by atoms with van der Waals surface area (Å²) in [5.74, 6) is -0.912. The van der Waals surface area contributed by atoms with E-state index in [1.54, 1.807) is 6.92 Å². The van der Waals surface area contributed by atoms with Crippen LogP contribution in [-0.2, 0) is 0 Å². The number of rotatable bonds is 1. The van der Waals surface area contributed by atoms with E-state index in [1.165, 1.54) is 13.8 Å². The van der Waals surface area contributed by atoms with Gasteiger partial charge in [0, 0.05) is 10.1 Å². The van der Waals surface area contributed by atoms with Gasteiger partial charge in [0.15, 0.2) is 0 Å². The van der Waals surface area contributed by atoms with Crippen molar-refractivity contribution < 1.29 is 30.7 Å². The van der Waals surface area contributed by atoms with Gasteiger partial charge in [-0.15, -0.1) is 0 Å². The van der Waals surface area contributed by atoms with Crippen LogP contribution in [0.4, 0.5) is 30.7 Å². The van der Waals surface area contributed by atoms with Gasteiger partial charge in [0.1, 0.15) is 0 Å². The lowest BCUT2D eigenvalue weighted by Gasteiger charge is -2.36. The highest BCUT2D eigenvalue weighted by atomic mass is 79.9. The fraction of sp³-hybridized carbons (Fsp3) is 0.667. The van der Waals surface area contributed by atoms with Gasteiger partial charge in [-0.05, 0) is 18.8 Å². The Balaban J connectivity index is 3.57. The minimum atomic E-state index is -6.09. The molecule has 0 saturated carbocycles. The molecule has 0 aliphatic heterocycles. The molecule has 0 saturated heterocycles. The Hall–Kier alpha value is -0.530. The fourth-order valence-corrected chi connectivity index (χ4v) is 2.79. The summed E-state index contributed by atoms with van der Waals surface area (Å²) in [7, 11) is 0. The minimum absolute atomic E-state index is 0.255. The van der Waals surface area contributed by atoms with Crippen LogP contribution in [0.5, 0.6) is 0 Å². The second-order valence-corrected chi connectivity index (χ2v) is 5.67. The van der Waals surface area contributed by atoms with Gasteiger partial charge in [0.25, 0.3) is 0 Å². The molecule has 1 rings (SSSR count). The van der Waals surface area contributed by atoms with Crippen molar-refractivity contribution in [3.8, 4) is 0 Å². The first-order valence-corrected chi connectivity index (χ1v) is 6.45. The number of alkyl halides is 7. The van der Waals surface area contributed by atoms with Crippen LogP contribution >= 0.6 is 15.9 Å². The van der Waals surface area contributed by atoms with Gasteiger partial charge in [-0.1, -0.05) is 41.4 Å². The van der Waals surface area contributed by atoms with Crippen LogP contribution in [-0.4, -0.2) is 18.0 Å². The van der Waals surface area contributed by atoms with Crippen molar-refractivity contribution >= 4 is 15.9 Å². The molecule has 0 spiro atoms. The summed E-state index contributed by atoms with van der Waals surface area (Å²) in [6, 6.07) is 0. The lowest BCUT2D eigenvalue weighted by atomic mass is 9.78. The lowest BCUT2D eigenvalue weighted by Crippen LogP contribution is -2.55. The summed E-state index contributed by atoms with van der Waals surface area (Å²) < 4.78 is 89.9. The molecule has 8 heteroatoms. The van der Waals surface area contributed by atoms with E-state index in [0.717, 1.165) is 0 Å². The summed E-state index contributed by atoms with van der Waals surface area (Å²) in [5.41, 5.74) is -6.54. The Morgan fingerprint density at radius 2 is 1.35 bits per heavy atom. The Kier molecular flexibility index (Phi) is 4.41. The van der Waals surface area contributed by atoms with E-state index in [4.69, 9.17) is 0 Å². The maximum absolute atomic E-state index is 14.0. The van der Waals surface area contributed by atoms with Crippen LogP contribution in [0.25, 0.3) is 0 Å². The van der Waals surface area contributed by atoms with Crippen molar-refractivity contribution in [3.05, 3.63) is 21.7 Å². The SMILES string of the molecule is CC1=C(Br)C(C(F)(C(F)(F)F)C(F)(F)F)=CC(C)C1C. The normalized spacial score (nSPS) is 25.9. The average molecular weight is 369 g/mol. The molecular formula is C12H12BrF7. The average Bonchev–Trinajstić information content (AvgIpc) is 2.27. The van der Waals surface area contributed by atoms with Crippen LogP contribution in [0.2, 0.25) is 0 Å². The maximum Gasteiger partial charge on any atom is 0.435 e. The highest BCUT2D eigenvalue weighted by Gasteiger charge is 2.75. The van der Waals surface area contributed by atoms with Crippen LogP contribution in [0.15, 0.2) is 21.7 Å². The Morgan fingerprint density at radius 3 is 1.70 bits per heavy atom. The summed E-state index contributed by atoms with van der Waals surface area (Å²) in [4.78, 5) is 0. The molecule has 1 aliphatic carbocycles. The first-order chi connectivity index (χ1) is 8.75. The Morgan fingerprint density at radius 1 is 0.950 bits per heavy atom. The monoisotopic (exact) mass is 368 g/mol. The lowest BCUT2D eigenvalue weighted by molar-refractivity contribution is -0.325. The zero-order valence-corrected chi connectivity index (χ0v) is 12.3. The standard InChI is InChI=1S/C12H12BrF7/c1-5-4-8(9(13)7(3)6(5)2)10(14,11(15,16)17)12(18,19)20/h4-6H,1-3H3. The van der Waals surface area contributed by atoms with Crippen molar-refractivity contribution in [2.24, 2.45) is 11.8 Å². The molecule has 0 N–H and O–H groups in total. The van der Waals surface area contributed by atoms with Crippen LogP contribution < -0.4 is 0 Å². The molecule has 0 nitrogen and oxygen atoms in total. The summed E-state index contributed by atoms with van der Waals surface area (Å²) in [6.07, 6.45) is -11.5. The van der Waals surface area contributed by atoms with Crippen LogP contribution in [0, 0.1) is 11.8 Å². The molecule has 0 aromatic carbocycles. The van der Waals surface area contributed by atoms with E-state index in [9.17, 15) is 30.7 Å². The zero-order chi connectivity index (χ0) is 16.1. The van der Waals surface area contributed by atoms with E-state index in [1.807, 2.05) is 0 Å². The van der Waals surface area contributed by atoms with Crippen LogP contribution in [0.1, 0.15) is 20.8 Å². The molecule has 0 amide bonds. The van der Waals surface area contributed by atoms with Crippen molar-refractivity contribution in [1.82, 2.24) is 0 Å². The molecule has 0 radical (unpaired) electrons. The summed E-state index contributed by atoms with van der Waals surface area (Å²) in [6.45, 7) is 4.47. The fourth-order valence-electron chi connectivity index (χ4n) is 2.02. The van der Waals surface area contributed by atoms with Crippen molar-refractivity contribution in [3.63, 3.8) is 0 Å². The molecule has 1 aliphatic rings. The third-order valence-electron chi connectivity index (χ3n) is 3.64. The smallest absolute Gasteiger partial charge is 0.218 e. The van der Waals surface area contributed by atoms with Gasteiger partial charge in [-0.3, -0.25) is 0 Å². The largest absolute Gasteiger partial charge is 0.435 e. The first kappa shape index (κ1) is 17.5. The molecule has 0 aromatic heterocycles. The van der Waals surface area contributed by atoms with Gasteiger partial charge in [-0.25, -0.2) is 4.39 Å². The molecule has 2 atom stereocenters. The quantitative estimate of drug-likeness (QED) is 0.520. The van der Waals surface area contributed by atoms with Crippen LogP contribution in [0.3, 0.4) is 0 Å². The second-order valence-electron chi connectivity index (χ2n) is 4.88. The van der Waals surface area contributed by atoms with Crippen molar-refractivity contribution in [2.45, 2.75) is 38.8 Å². The molecule has 116 valence electrons. The Bertz CT molecular complexity index is 441. The van der Waals surface area contributed by atoms with E-state index < -0.39 is 34.0 Å². The maximum atomic E-state index is 14.0. The zero-order valence-electron chi connectivity index (χ0n) is 10.8. The topological polar surface area (TPSA) is 0 Å². The van der Waals surface area contributed by atoms with E-state index in [-0.39, 0.29) is 11.5 Å². The molecule has 0 bridgehead atoms. The van der Waals surface area contributed by atoms with E-state index in [2.05, 4.69) is 15.9 Å². The summed E-state index contributed by atoms with van der Waals surface area (Å²) >= 11 is 2.68. The molecule has 0 aromatic rings. The van der Waals surface area contributed by atoms with Crippen molar-refractivity contribution in [1.29, 1.82) is 0 Å². The predicted molar refractivity (Wildman–Crippen MR) is 64.0 cm³/mol. The number of halogens is 8. The number of hydrogen-bond acceptors (Lipinski definition) is 0. The highest BCUT2D eigenvalue weighted by Crippen LogP contribution is 2.55. The highest BCUT2D eigenvalue weighted by molar-refractivity contribution is 9.12. The van der Waals surface area contributed by atoms with Gasteiger partial charge >= 0.3 is 18.0 Å². The first-order valence-electron chi connectivity index (χ1n) is 5.66. The molecular weight excluding hydrogens is 357 g/mol. The molecule has 0 fully saturated rings. The van der Waals surface area contributed by atoms with Gasteiger partial charge in [-0.2, -0.15) is 26.3 Å². The number of allylic oxidation sites excluding steroid dienone is 4. The predicted octanol–water partition coefficient (Wildman–Crippen LogP) is 5.70.